The predicted octanol–water partition coefficient (Wildman–Crippen LogP) is 5.89. The number of carbonyl (C=O) groups excluding carboxylic acids is 1. The lowest BCUT2D eigenvalue weighted by atomic mass is 9.96. The van der Waals surface area contributed by atoms with Gasteiger partial charge in [-0.1, -0.05) is 55.3 Å². The summed E-state index contributed by atoms with van der Waals surface area (Å²) >= 11 is 1.71. The minimum Gasteiger partial charge on any atom is -0.342 e. The van der Waals surface area contributed by atoms with Crippen molar-refractivity contribution in [3.63, 3.8) is 0 Å². The Kier molecular flexibility index (Phi) is 9.68. The second kappa shape index (κ2) is 12.0. The first kappa shape index (κ1) is 23.4. The van der Waals surface area contributed by atoms with Gasteiger partial charge >= 0.3 is 0 Å². The van der Waals surface area contributed by atoms with E-state index >= 15 is 0 Å². The molecule has 5 heteroatoms. The van der Waals surface area contributed by atoms with Crippen molar-refractivity contribution in [3.8, 4) is 0 Å². The predicted molar refractivity (Wildman–Crippen MR) is 122 cm³/mol. The zero-order valence-electron chi connectivity index (χ0n) is 17.8. The van der Waals surface area contributed by atoms with E-state index in [2.05, 4.69) is 24.3 Å². The van der Waals surface area contributed by atoms with Gasteiger partial charge in [0.25, 0.3) is 5.91 Å². The number of hydrogen-bond acceptors (Lipinski definition) is 3. The number of amides is 1. The van der Waals surface area contributed by atoms with Crippen molar-refractivity contribution in [1.82, 2.24) is 9.62 Å². The third-order valence-corrected chi connectivity index (χ3v) is 6.23. The largest absolute Gasteiger partial charge is 0.342 e. The number of benzene rings is 1. The molecule has 1 atom stereocenters. The first-order chi connectivity index (χ1) is 13.9. The molecule has 0 aromatic heterocycles. The van der Waals surface area contributed by atoms with Crippen LogP contribution in [-0.2, 0) is 4.79 Å². The van der Waals surface area contributed by atoms with Crippen LogP contribution in [0.1, 0.15) is 56.2 Å². The standard InChI is InChI=1S/C24H33FN2OS/c1-5-20-11-7-8-12-22(20)24(28)27(4)15-9-6-10-16-29-26-19(3)21-13-14-23(25)18(2)17-21/h5,8,12-14,17,19,26H,1,6-7,9-11,15-16H2,2-4H3/t19-/m0/s1. The van der Waals surface area contributed by atoms with E-state index in [1.54, 1.807) is 18.9 Å². The number of likely N-dealkylation sites (N-methyl/N-ethyl adjacent to an activating group) is 1. The molecule has 0 bridgehead atoms. The summed E-state index contributed by atoms with van der Waals surface area (Å²) in [5, 5.41) is 0. The Morgan fingerprint density at radius 2 is 2.17 bits per heavy atom. The van der Waals surface area contributed by atoms with Crippen LogP contribution in [0.5, 0.6) is 0 Å². The van der Waals surface area contributed by atoms with Crippen LogP contribution < -0.4 is 4.72 Å². The fourth-order valence-electron chi connectivity index (χ4n) is 3.30. The Labute approximate surface area is 179 Å². The molecule has 1 aliphatic carbocycles. The van der Waals surface area contributed by atoms with E-state index < -0.39 is 0 Å². The van der Waals surface area contributed by atoms with E-state index in [0.717, 1.165) is 61.1 Å². The molecule has 0 unspecified atom stereocenters. The summed E-state index contributed by atoms with van der Waals surface area (Å²) in [5.74, 6) is 0.945. The van der Waals surface area contributed by atoms with Gasteiger partial charge in [-0.2, -0.15) is 0 Å². The lowest BCUT2D eigenvalue weighted by Gasteiger charge is -2.21. The van der Waals surface area contributed by atoms with Crippen LogP contribution in [-0.4, -0.2) is 30.2 Å². The van der Waals surface area contributed by atoms with Crippen LogP contribution in [0, 0.1) is 12.7 Å². The van der Waals surface area contributed by atoms with Gasteiger partial charge in [-0.3, -0.25) is 9.52 Å². The van der Waals surface area contributed by atoms with Crippen LogP contribution >= 0.6 is 11.9 Å². The van der Waals surface area contributed by atoms with Crippen LogP contribution in [0.25, 0.3) is 0 Å². The Balaban J connectivity index is 1.62. The van der Waals surface area contributed by atoms with E-state index in [4.69, 9.17) is 0 Å². The summed E-state index contributed by atoms with van der Waals surface area (Å²) in [7, 11) is 1.88. The van der Waals surface area contributed by atoms with Gasteiger partial charge < -0.3 is 4.90 Å². The minimum atomic E-state index is -0.159. The molecule has 1 aliphatic rings. The summed E-state index contributed by atoms with van der Waals surface area (Å²) in [6, 6.07) is 5.44. The Morgan fingerprint density at radius 3 is 2.90 bits per heavy atom. The highest BCUT2D eigenvalue weighted by atomic mass is 32.2. The van der Waals surface area contributed by atoms with Crippen molar-refractivity contribution >= 4 is 17.9 Å². The van der Waals surface area contributed by atoms with Crippen molar-refractivity contribution in [2.24, 2.45) is 0 Å². The number of halogens is 1. The molecular weight excluding hydrogens is 383 g/mol. The molecule has 0 spiro atoms. The molecule has 0 saturated heterocycles. The maximum atomic E-state index is 13.4. The second-order valence-corrected chi connectivity index (χ2v) is 8.50. The van der Waals surface area contributed by atoms with Crippen molar-refractivity contribution in [3.05, 3.63) is 71.1 Å². The zero-order chi connectivity index (χ0) is 21.2. The summed E-state index contributed by atoms with van der Waals surface area (Å²) < 4.78 is 16.8. The number of rotatable bonds is 11. The van der Waals surface area contributed by atoms with Gasteiger partial charge in [0.1, 0.15) is 5.82 Å². The van der Waals surface area contributed by atoms with Crippen LogP contribution in [0.2, 0.25) is 0 Å². The lowest BCUT2D eigenvalue weighted by Crippen LogP contribution is -2.29. The van der Waals surface area contributed by atoms with Crippen molar-refractivity contribution in [1.29, 1.82) is 0 Å². The van der Waals surface area contributed by atoms with Gasteiger partial charge in [0.2, 0.25) is 0 Å². The van der Waals surface area contributed by atoms with E-state index in [-0.39, 0.29) is 17.8 Å². The third-order valence-electron chi connectivity index (χ3n) is 5.22. The monoisotopic (exact) mass is 416 g/mol. The van der Waals surface area contributed by atoms with Gasteiger partial charge in [-0.05, 0) is 62.3 Å². The van der Waals surface area contributed by atoms with Gasteiger partial charge in [-0.25, -0.2) is 4.39 Å². The van der Waals surface area contributed by atoms with Gasteiger partial charge in [0, 0.05) is 31.0 Å². The average molecular weight is 417 g/mol. The van der Waals surface area contributed by atoms with E-state index in [9.17, 15) is 9.18 Å². The summed E-state index contributed by atoms with van der Waals surface area (Å²) in [4.78, 5) is 14.4. The Bertz CT molecular complexity index is 772. The molecule has 0 aliphatic heterocycles. The fourth-order valence-corrected chi connectivity index (χ4v) is 4.15. The molecule has 2 rings (SSSR count). The van der Waals surface area contributed by atoms with E-state index in [1.807, 2.05) is 36.2 Å². The molecular formula is C24H33FN2OS. The summed E-state index contributed by atoms with van der Waals surface area (Å²) in [6.45, 7) is 8.48. The molecule has 158 valence electrons. The lowest BCUT2D eigenvalue weighted by molar-refractivity contribution is -0.125. The highest BCUT2D eigenvalue weighted by Gasteiger charge is 2.17. The first-order valence-corrected chi connectivity index (χ1v) is 11.3. The highest BCUT2D eigenvalue weighted by molar-refractivity contribution is 7.97. The van der Waals surface area contributed by atoms with Gasteiger partial charge in [-0.15, -0.1) is 0 Å². The first-order valence-electron chi connectivity index (χ1n) is 10.3. The normalized spacial score (nSPS) is 14.8. The van der Waals surface area contributed by atoms with E-state index in [0.29, 0.717) is 5.56 Å². The van der Waals surface area contributed by atoms with Crippen LogP contribution in [0.15, 0.2) is 54.2 Å². The third kappa shape index (κ3) is 7.16. The SMILES string of the molecule is C=CC1=C(C(=O)N(C)CCCCCSN[C@@H](C)c2ccc(F)c(C)c2)C=CCC1. The minimum absolute atomic E-state index is 0.0929. The molecule has 29 heavy (non-hydrogen) atoms. The van der Waals surface area contributed by atoms with Gasteiger partial charge in [0.15, 0.2) is 0 Å². The molecule has 3 nitrogen and oxygen atoms in total. The smallest absolute Gasteiger partial charge is 0.253 e. The molecule has 0 fully saturated rings. The molecule has 1 aromatic rings. The highest BCUT2D eigenvalue weighted by Crippen LogP contribution is 2.22. The maximum absolute atomic E-state index is 13.4. The van der Waals surface area contributed by atoms with Crippen LogP contribution in [0.4, 0.5) is 4.39 Å². The number of carbonyl (C=O) groups is 1. The molecule has 1 N–H and O–H groups in total. The topological polar surface area (TPSA) is 32.3 Å². The maximum Gasteiger partial charge on any atom is 0.253 e. The van der Waals surface area contributed by atoms with Gasteiger partial charge in [0.05, 0.1) is 0 Å². The quantitative estimate of drug-likeness (QED) is 0.360. The number of unbranched alkanes of at least 4 members (excludes halogenated alkanes) is 2. The molecule has 0 saturated carbocycles. The molecule has 0 heterocycles. The summed E-state index contributed by atoms with van der Waals surface area (Å²) in [5.41, 5.74) is 3.62. The average Bonchev–Trinajstić information content (AvgIpc) is 2.73. The Hall–Kier alpha value is -1.85. The number of nitrogens with zero attached hydrogens (tertiary/aromatic N) is 1. The number of allylic oxidation sites excluding steroid dienone is 3. The second-order valence-electron chi connectivity index (χ2n) is 7.57. The number of aryl methyl sites for hydroxylation is 1. The van der Waals surface area contributed by atoms with Crippen molar-refractivity contribution in [2.45, 2.75) is 52.0 Å². The molecule has 1 aromatic carbocycles. The number of nitrogens with one attached hydrogen (secondary N) is 1. The van der Waals surface area contributed by atoms with Crippen molar-refractivity contribution < 1.29 is 9.18 Å². The van der Waals surface area contributed by atoms with Crippen LogP contribution in [0.3, 0.4) is 0 Å². The molecule has 1 amide bonds. The zero-order valence-corrected chi connectivity index (χ0v) is 18.7. The fraction of sp³-hybridized carbons (Fsp3) is 0.458. The number of hydrogen-bond donors (Lipinski definition) is 1. The van der Waals surface area contributed by atoms with E-state index in [1.165, 1.54) is 6.07 Å². The molecule has 0 radical (unpaired) electrons. The Morgan fingerprint density at radius 1 is 1.38 bits per heavy atom. The summed E-state index contributed by atoms with van der Waals surface area (Å²) in [6.07, 6.45) is 10.9. The van der Waals surface area contributed by atoms with Crippen molar-refractivity contribution in [2.75, 3.05) is 19.3 Å².